The Morgan fingerprint density at radius 1 is 1.50 bits per heavy atom. The second-order valence-electron chi connectivity index (χ2n) is 4.31. The first-order valence-corrected chi connectivity index (χ1v) is 7.01. The Morgan fingerprint density at radius 2 is 2.28 bits per heavy atom. The molecule has 0 bridgehead atoms. The Labute approximate surface area is 115 Å². The molecule has 1 amide bonds. The van der Waals surface area contributed by atoms with Gasteiger partial charge in [-0.25, -0.2) is 0 Å². The maximum atomic E-state index is 11.8. The highest BCUT2D eigenvalue weighted by atomic mass is 79.9. The molecule has 0 unspecified atom stereocenters. The Balaban J connectivity index is 1.63. The van der Waals surface area contributed by atoms with Crippen LogP contribution in [0.3, 0.4) is 0 Å². The van der Waals surface area contributed by atoms with Gasteiger partial charge in [0.2, 0.25) is 0 Å². The fraction of sp³-hybridized carbons (Fsp3) is 0.583. The molecule has 1 saturated heterocycles. The predicted molar refractivity (Wildman–Crippen MR) is 72.7 cm³/mol. The molecule has 1 aromatic heterocycles. The van der Waals surface area contributed by atoms with Gasteiger partial charge in [0.25, 0.3) is 5.91 Å². The molecule has 0 saturated carbocycles. The fourth-order valence-electron chi connectivity index (χ4n) is 1.99. The van der Waals surface area contributed by atoms with E-state index in [0.29, 0.717) is 16.8 Å². The van der Waals surface area contributed by atoms with E-state index < -0.39 is 0 Å². The number of nitrogens with one attached hydrogen (secondary N) is 2. The fourth-order valence-corrected chi connectivity index (χ4v) is 2.41. The van der Waals surface area contributed by atoms with Crippen LogP contribution in [-0.2, 0) is 0 Å². The molecule has 0 atom stereocenters. The van der Waals surface area contributed by atoms with Crippen LogP contribution in [-0.4, -0.2) is 50.1 Å². The summed E-state index contributed by atoms with van der Waals surface area (Å²) in [7, 11) is 0. The van der Waals surface area contributed by atoms with Gasteiger partial charge in [0.15, 0.2) is 4.67 Å². The molecule has 2 N–H and O–H groups in total. The van der Waals surface area contributed by atoms with Crippen molar-refractivity contribution >= 4 is 21.8 Å². The summed E-state index contributed by atoms with van der Waals surface area (Å²) in [5.74, 6) is -0.0871. The van der Waals surface area contributed by atoms with Crippen LogP contribution >= 0.6 is 15.9 Å². The van der Waals surface area contributed by atoms with Gasteiger partial charge in [0.1, 0.15) is 0 Å². The van der Waals surface area contributed by atoms with E-state index in [1.165, 1.54) is 6.26 Å². The average Bonchev–Trinajstić information content (AvgIpc) is 2.82. The van der Waals surface area contributed by atoms with E-state index in [1.807, 2.05) is 0 Å². The van der Waals surface area contributed by atoms with E-state index >= 15 is 0 Å². The van der Waals surface area contributed by atoms with Gasteiger partial charge in [-0.1, -0.05) is 0 Å². The molecular weight excluding hydrogens is 298 g/mol. The van der Waals surface area contributed by atoms with Gasteiger partial charge in [0, 0.05) is 32.7 Å². The van der Waals surface area contributed by atoms with Crippen molar-refractivity contribution in [3.05, 3.63) is 22.6 Å². The van der Waals surface area contributed by atoms with Gasteiger partial charge in [0.05, 0.1) is 11.8 Å². The maximum absolute atomic E-state index is 11.8. The summed E-state index contributed by atoms with van der Waals surface area (Å²) in [4.78, 5) is 14.2. The van der Waals surface area contributed by atoms with Gasteiger partial charge in [-0.05, 0) is 35.0 Å². The van der Waals surface area contributed by atoms with Crippen LogP contribution in [0.2, 0.25) is 0 Å². The second-order valence-corrected chi connectivity index (χ2v) is 5.03. The molecule has 0 aromatic carbocycles. The quantitative estimate of drug-likeness (QED) is 0.798. The van der Waals surface area contributed by atoms with Crippen molar-refractivity contribution in [1.82, 2.24) is 15.5 Å². The zero-order valence-corrected chi connectivity index (χ0v) is 11.8. The molecule has 6 heteroatoms. The van der Waals surface area contributed by atoms with Crippen LogP contribution in [0.4, 0.5) is 0 Å². The third-order valence-electron chi connectivity index (χ3n) is 3.01. The number of hydrogen-bond acceptors (Lipinski definition) is 4. The molecule has 1 aliphatic heterocycles. The van der Waals surface area contributed by atoms with Crippen molar-refractivity contribution in [2.24, 2.45) is 0 Å². The van der Waals surface area contributed by atoms with E-state index in [2.05, 4.69) is 31.5 Å². The summed E-state index contributed by atoms with van der Waals surface area (Å²) < 4.78 is 5.52. The van der Waals surface area contributed by atoms with Crippen LogP contribution < -0.4 is 10.6 Å². The highest BCUT2D eigenvalue weighted by Gasteiger charge is 2.12. The first-order valence-electron chi connectivity index (χ1n) is 6.21. The lowest BCUT2D eigenvalue weighted by Crippen LogP contribution is -2.44. The summed E-state index contributed by atoms with van der Waals surface area (Å²) in [6.45, 7) is 6.06. The van der Waals surface area contributed by atoms with Crippen LogP contribution in [0.25, 0.3) is 0 Å². The minimum Gasteiger partial charge on any atom is -0.457 e. The second kappa shape index (κ2) is 6.92. The van der Waals surface area contributed by atoms with Crippen molar-refractivity contribution in [3.8, 4) is 0 Å². The summed E-state index contributed by atoms with van der Waals surface area (Å²) in [5, 5.41) is 6.22. The Bertz CT molecular complexity index is 388. The van der Waals surface area contributed by atoms with Crippen molar-refractivity contribution in [2.75, 3.05) is 39.3 Å². The molecule has 18 heavy (non-hydrogen) atoms. The SMILES string of the molecule is O=C(NCCCN1CCNCC1)c1ccoc1Br. The van der Waals surface area contributed by atoms with Crippen molar-refractivity contribution in [1.29, 1.82) is 0 Å². The molecule has 1 aromatic rings. The van der Waals surface area contributed by atoms with Gasteiger partial charge in [-0.2, -0.15) is 0 Å². The van der Waals surface area contributed by atoms with Crippen LogP contribution in [0, 0.1) is 0 Å². The molecule has 2 rings (SSSR count). The summed E-state index contributed by atoms with van der Waals surface area (Å²) in [6, 6.07) is 1.66. The van der Waals surface area contributed by atoms with E-state index in [1.54, 1.807) is 6.07 Å². The Kier molecular flexibility index (Phi) is 5.22. The third kappa shape index (κ3) is 3.83. The lowest BCUT2D eigenvalue weighted by molar-refractivity contribution is 0.0949. The minimum absolute atomic E-state index is 0.0871. The van der Waals surface area contributed by atoms with Crippen LogP contribution in [0.5, 0.6) is 0 Å². The molecule has 0 radical (unpaired) electrons. The molecule has 0 aliphatic carbocycles. The van der Waals surface area contributed by atoms with E-state index in [-0.39, 0.29) is 5.91 Å². The molecule has 0 spiro atoms. The zero-order valence-electron chi connectivity index (χ0n) is 10.2. The summed E-state index contributed by atoms with van der Waals surface area (Å²) >= 11 is 3.20. The van der Waals surface area contributed by atoms with Crippen molar-refractivity contribution in [3.63, 3.8) is 0 Å². The van der Waals surface area contributed by atoms with Gasteiger partial charge in [-0.3, -0.25) is 4.79 Å². The lowest BCUT2D eigenvalue weighted by Gasteiger charge is -2.27. The monoisotopic (exact) mass is 315 g/mol. The molecule has 1 aliphatic rings. The number of carbonyl (C=O) groups excluding carboxylic acids is 1. The van der Waals surface area contributed by atoms with Gasteiger partial charge < -0.3 is 20.0 Å². The topological polar surface area (TPSA) is 57.5 Å². The van der Waals surface area contributed by atoms with Gasteiger partial charge >= 0.3 is 0 Å². The molecule has 5 nitrogen and oxygen atoms in total. The third-order valence-corrected chi connectivity index (χ3v) is 3.62. The summed E-state index contributed by atoms with van der Waals surface area (Å²) in [6.07, 6.45) is 2.47. The largest absolute Gasteiger partial charge is 0.457 e. The maximum Gasteiger partial charge on any atom is 0.255 e. The number of hydrogen-bond donors (Lipinski definition) is 2. The smallest absolute Gasteiger partial charge is 0.255 e. The highest BCUT2D eigenvalue weighted by Crippen LogP contribution is 2.16. The molecule has 1 fully saturated rings. The first kappa shape index (κ1) is 13.6. The molecule has 2 heterocycles. The average molecular weight is 316 g/mol. The predicted octanol–water partition coefficient (Wildman–Crippen LogP) is 1.07. The van der Waals surface area contributed by atoms with Crippen molar-refractivity contribution < 1.29 is 9.21 Å². The van der Waals surface area contributed by atoms with Crippen molar-refractivity contribution in [2.45, 2.75) is 6.42 Å². The van der Waals surface area contributed by atoms with E-state index in [4.69, 9.17) is 4.42 Å². The number of piperazine rings is 1. The van der Waals surface area contributed by atoms with Gasteiger partial charge in [-0.15, -0.1) is 0 Å². The molecular formula is C12H18BrN3O2. The minimum atomic E-state index is -0.0871. The Hall–Kier alpha value is -0.850. The zero-order chi connectivity index (χ0) is 12.8. The van der Waals surface area contributed by atoms with E-state index in [9.17, 15) is 4.79 Å². The number of halogens is 1. The normalized spacial score (nSPS) is 16.7. The summed E-state index contributed by atoms with van der Waals surface area (Å²) in [5.41, 5.74) is 0.553. The number of carbonyl (C=O) groups is 1. The standard InChI is InChI=1S/C12H18BrN3O2/c13-11-10(2-9-18-11)12(17)15-3-1-6-16-7-4-14-5-8-16/h2,9,14H,1,3-8H2,(H,15,17). The number of rotatable bonds is 5. The van der Waals surface area contributed by atoms with Crippen LogP contribution in [0.1, 0.15) is 16.8 Å². The Morgan fingerprint density at radius 3 is 2.94 bits per heavy atom. The first-order chi connectivity index (χ1) is 8.77. The highest BCUT2D eigenvalue weighted by molar-refractivity contribution is 9.10. The van der Waals surface area contributed by atoms with Crippen LogP contribution in [0.15, 0.2) is 21.4 Å². The number of amides is 1. The number of furan rings is 1. The number of nitrogens with zero attached hydrogens (tertiary/aromatic N) is 1. The lowest BCUT2D eigenvalue weighted by atomic mass is 10.3. The molecule has 100 valence electrons. The van der Waals surface area contributed by atoms with E-state index in [0.717, 1.165) is 39.1 Å².